The Hall–Kier alpha value is -2.74. The Labute approximate surface area is 170 Å². The Balaban J connectivity index is 0.00000160. The molecule has 0 N–H and O–H groups in total. The Kier molecular flexibility index (Phi) is 3.58. The molecule has 2 nitrogen and oxygen atoms in total. The van der Waals surface area contributed by atoms with Crippen LogP contribution in [0.1, 0.15) is 11.1 Å². The van der Waals surface area contributed by atoms with Gasteiger partial charge in [-0.3, -0.25) is 4.98 Å². The van der Waals surface area contributed by atoms with Gasteiger partial charge in [0, 0.05) is 38.1 Å². The summed E-state index contributed by atoms with van der Waals surface area (Å²) in [4.78, 5) is 4.92. The summed E-state index contributed by atoms with van der Waals surface area (Å²) in [6.45, 7) is 0. The molecule has 0 spiro atoms. The standard InChI is InChI=1S/C24H15N2.Ir/c1-26-22-8-3-2-6-18(22)19-13-16(11-12-23(19)26)21-14-17-10-9-15-5-4-7-20(25-21)24(15)17;/h2-10,12-14H,1H3;/q-1;. The van der Waals surface area contributed by atoms with Crippen molar-refractivity contribution in [3.63, 3.8) is 0 Å². The maximum atomic E-state index is 4.92. The summed E-state index contributed by atoms with van der Waals surface area (Å²) in [5, 5.41) is 3.77. The first-order chi connectivity index (χ1) is 12.8. The van der Waals surface area contributed by atoms with Crippen molar-refractivity contribution in [3.8, 4) is 11.3 Å². The van der Waals surface area contributed by atoms with Gasteiger partial charge in [-0.25, -0.2) is 0 Å². The molecule has 1 radical (unpaired) electrons. The molecule has 131 valence electrons. The molecule has 1 aliphatic carbocycles. The van der Waals surface area contributed by atoms with Crippen LogP contribution < -0.4 is 0 Å². The van der Waals surface area contributed by atoms with E-state index in [9.17, 15) is 0 Å². The van der Waals surface area contributed by atoms with Crippen LogP contribution in [0.2, 0.25) is 0 Å². The van der Waals surface area contributed by atoms with Crippen LogP contribution in [0.3, 0.4) is 0 Å². The van der Waals surface area contributed by atoms with Gasteiger partial charge in [-0.1, -0.05) is 53.9 Å². The quantitative estimate of drug-likeness (QED) is 0.248. The van der Waals surface area contributed by atoms with Crippen molar-refractivity contribution in [2.45, 2.75) is 0 Å². The van der Waals surface area contributed by atoms with E-state index in [1.807, 2.05) is 0 Å². The minimum Gasteiger partial charge on any atom is -0.383 e. The van der Waals surface area contributed by atoms with Gasteiger partial charge in [0.2, 0.25) is 0 Å². The topological polar surface area (TPSA) is 17.8 Å². The molecule has 0 atom stereocenters. The fourth-order valence-corrected chi connectivity index (χ4v) is 4.18. The van der Waals surface area contributed by atoms with E-state index in [1.165, 1.54) is 38.3 Å². The van der Waals surface area contributed by atoms with E-state index in [4.69, 9.17) is 4.98 Å². The van der Waals surface area contributed by atoms with E-state index in [0.717, 1.165) is 16.8 Å². The molecule has 2 heterocycles. The first kappa shape index (κ1) is 16.4. The Bertz CT molecular complexity index is 1390. The third-order valence-electron chi connectivity index (χ3n) is 5.46. The minimum absolute atomic E-state index is 0. The molecule has 0 aliphatic heterocycles. The average Bonchev–Trinajstić information content (AvgIpc) is 3.23. The van der Waals surface area contributed by atoms with Crippen LogP contribution in [0.15, 0.2) is 60.7 Å². The first-order valence-electron chi connectivity index (χ1n) is 8.81. The van der Waals surface area contributed by atoms with Gasteiger partial charge >= 0.3 is 0 Å². The van der Waals surface area contributed by atoms with Crippen molar-refractivity contribution in [1.29, 1.82) is 0 Å². The van der Waals surface area contributed by atoms with Crippen LogP contribution in [0.4, 0.5) is 0 Å². The van der Waals surface area contributed by atoms with Gasteiger partial charge in [0.05, 0.1) is 5.52 Å². The van der Waals surface area contributed by atoms with Crippen LogP contribution >= 0.6 is 0 Å². The Morgan fingerprint density at radius 3 is 2.63 bits per heavy atom. The Morgan fingerprint density at radius 1 is 0.852 bits per heavy atom. The van der Waals surface area contributed by atoms with E-state index < -0.39 is 0 Å². The summed E-state index contributed by atoms with van der Waals surface area (Å²) in [6, 6.07) is 24.8. The first-order valence-corrected chi connectivity index (χ1v) is 8.81. The van der Waals surface area contributed by atoms with Crippen molar-refractivity contribution >= 4 is 44.9 Å². The zero-order chi connectivity index (χ0) is 17.3. The maximum absolute atomic E-state index is 4.92. The van der Waals surface area contributed by atoms with Crippen molar-refractivity contribution in [2.75, 3.05) is 0 Å². The molecule has 27 heavy (non-hydrogen) atoms. The third kappa shape index (κ3) is 2.26. The molecule has 1 aliphatic rings. The van der Waals surface area contributed by atoms with Crippen LogP contribution in [0.5, 0.6) is 0 Å². The van der Waals surface area contributed by atoms with Gasteiger partial charge in [-0.2, -0.15) is 0 Å². The molecule has 0 unspecified atom stereocenters. The molecule has 0 bridgehead atoms. The fraction of sp³-hybridized carbons (Fsp3) is 0.0417. The number of nitrogens with zero attached hydrogens (tertiary/aromatic N) is 2. The average molecular weight is 524 g/mol. The zero-order valence-electron chi connectivity index (χ0n) is 14.7. The van der Waals surface area contributed by atoms with Crippen molar-refractivity contribution in [2.24, 2.45) is 7.05 Å². The number of aromatic nitrogens is 2. The van der Waals surface area contributed by atoms with E-state index in [2.05, 4.69) is 90.5 Å². The number of para-hydroxylation sites is 1. The molecule has 0 saturated heterocycles. The second-order valence-electron chi connectivity index (χ2n) is 6.89. The number of hydrogen-bond acceptors (Lipinski definition) is 1. The molecule has 6 rings (SSSR count). The zero-order valence-corrected chi connectivity index (χ0v) is 17.1. The monoisotopic (exact) mass is 524 g/mol. The molecular weight excluding hydrogens is 508 g/mol. The predicted molar refractivity (Wildman–Crippen MR) is 109 cm³/mol. The van der Waals surface area contributed by atoms with E-state index in [0.29, 0.717) is 0 Å². The number of rotatable bonds is 1. The number of hydrogen-bond donors (Lipinski definition) is 0. The van der Waals surface area contributed by atoms with Crippen molar-refractivity contribution in [3.05, 3.63) is 77.9 Å². The normalized spacial score (nSPS) is 12.2. The van der Waals surface area contributed by atoms with Gasteiger partial charge in [0.15, 0.2) is 0 Å². The number of pyridine rings is 1. The van der Waals surface area contributed by atoms with Crippen LogP contribution in [0, 0.1) is 6.07 Å². The van der Waals surface area contributed by atoms with Gasteiger partial charge < -0.3 is 4.57 Å². The SMILES string of the molecule is Cn1c2c[c-]c(-c3cc4c5c(cccc5n3)C=C4)cc2c2ccccc21.[Ir]. The molecule has 3 aromatic carbocycles. The van der Waals surface area contributed by atoms with Gasteiger partial charge in [-0.05, 0) is 39.9 Å². The summed E-state index contributed by atoms with van der Waals surface area (Å²) >= 11 is 0. The second kappa shape index (κ2) is 5.88. The summed E-state index contributed by atoms with van der Waals surface area (Å²) in [5.41, 5.74) is 8.00. The summed E-state index contributed by atoms with van der Waals surface area (Å²) < 4.78 is 2.23. The van der Waals surface area contributed by atoms with Crippen molar-refractivity contribution in [1.82, 2.24) is 9.55 Å². The second-order valence-corrected chi connectivity index (χ2v) is 6.89. The van der Waals surface area contributed by atoms with Crippen LogP contribution in [-0.2, 0) is 27.2 Å². The van der Waals surface area contributed by atoms with Gasteiger partial charge in [0.25, 0.3) is 0 Å². The van der Waals surface area contributed by atoms with Gasteiger partial charge in [-0.15, -0.1) is 23.8 Å². The van der Waals surface area contributed by atoms with E-state index in [-0.39, 0.29) is 20.1 Å². The minimum atomic E-state index is 0. The largest absolute Gasteiger partial charge is 0.383 e. The number of aryl methyl sites for hydroxylation is 1. The van der Waals surface area contributed by atoms with Crippen LogP contribution in [0.25, 0.3) is 56.1 Å². The number of fused-ring (bicyclic) bond motifs is 3. The smallest absolute Gasteiger partial charge is 0.0607 e. The maximum Gasteiger partial charge on any atom is 0.0607 e. The molecule has 0 fully saturated rings. The Morgan fingerprint density at radius 2 is 1.70 bits per heavy atom. The van der Waals surface area contributed by atoms with Crippen molar-refractivity contribution < 1.29 is 20.1 Å². The molecule has 3 heteroatoms. The number of benzene rings is 3. The molecule has 0 amide bonds. The predicted octanol–water partition coefficient (Wildman–Crippen LogP) is 5.83. The molecule has 5 aromatic rings. The fourth-order valence-electron chi connectivity index (χ4n) is 4.18. The molecule has 2 aromatic heterocycles. The van der Waals surface area contributed by atoms with E-state index in [1.54, 1.807) is 0 Å². The van der Waals surface area contributed by atoms with Gasteiger partial charge in [0.1, 0.15) is 0 Å². The van der Waals surface area contributed by atoms with Crippen LogP contribution in [-0.4, -0.2) is 9.55 Å². The third-order valence-corrected chi connectivity index (χ3v) is 5.46. The summed E-state index contributed by atoms with van der Waals surface area (Å²) in [6.07, 6.45) is 4.35. The summed E-state index contributed by atoms with van der Waals surface area (Å²) in [7, 11) is 2.11. The van der Waals surface area contributed by atoms with E-state index >= 15 is 0 Å². The summed E-state index contributed by atoms with van der Waals surface area (Å²) in [5.74, 6) is 0. The molecular formula is C24H15IrN2-. The molecule has 0 saturated carbocycles.